The van der Waals surface area contributed by atoms with Gasteiger partial charge in [0.2, 0.25) is 0 Å². The molecule has 0 bridgehead atoms. The van der Waals surface area contributed by atoms with Crippen LogP contribution >= 0.6 is 24.0 Å². The van der Waals surface area contributed by atoms with Crippen LogP contribution in [0.4, 0.5) is 18.9 Å². The Morgan fingerprint density at radius 2 is 1.97 bits per heavy atom. The van der Waals surface area contributed by atoms with Crippen LogP contribution in [0.3, 0.4) is 0 Å². The normalized spacial score (nSPS) is 15.1. The maximum Gasteiger partial charge on any atom is 0.416 e. The zero-order valence-corrected chi connectivity index (χ0v) is 19.2. The van der Waals surface area contributed by atoms with E-state index in [4.69, 9.17) is 9.47 Å². The number of rotatable bonds is 8. The van der Waals surface area contributed by atoms with E-state index in [1.165, 1.54) is 12.1 Å². The molecule has 0 atom stereocenters. The van der Waals surface area contributed by atoms with Gasteiger partial charge < -0.3 is 25.0 Å². The van der Waals surface area contributed by atoms with E-state index in [-0.39, 0.29) is 36.1 Å². The van der Waals surface area contributed by atoms with E-state index in [9.17, 15) is 13.2 Å². The maximum absolute atomic E-state index is 13.6. The lowest BCUT2D eigenvalue weighted by Gasteiger charge is -2.29. The molecule has 10 heteroatoms. The molecule has 1 fully saturated rings. The Hall–Kier alpha value is -1.27. The molecule has 1 aromatic carbocycles. The third-order valence-electron chi connectivity index (χ3n) is 4.34. The van der Waals surface area contributed by atoms with E-state index in [1.807, 2.05) is 11.8 Å². The van der Waals surface area contributed by atoms with Gasteiger partial charge in [-0.1, -0.05) is 6.07 Å². The second-order valence-electron chi connectivity index (χ2n) is 6.41. The van der Waals surface area contributed by atoms with Crippen LogP contribution in [0.1, 0.15) is 24.5 Å². The number of hydrogen-bond acceptors (Lipinski definition) is 4. The molecule has 0 aliphatic carbocycles. The largest absolute Gasteiger partial charge is 0.416 e. The molecule has 1 saturated heterocycles. The maximum atomic E-state index is 13.6. The number of halogens is 4. The highest BCUT2D eigenvalue weighted by molar-refractivity contribution is 14.0. The molecule has 29 heavy (non-hydrogen) atoms. The predicted octanol–water partition coefficient (Wildman–Crippen LogP) is 3.25. The fourth-order valence-electron chi connectivity index (χ4n) is 2.91. The average molecular weight is 530 g/mol. The molecule has 0 spiro atoms. The molecular weight excluding hydrogens is 500 g/mol. The van der Waals surface area contributed by atoms with Crippen molar-refractivity contribution in [2.24, 2.45) is 4.99 Å². The second kappa shape index (κ2) is 13.1. The number of aliphatic imine (C=N–C) groups is 1. The van der Waals surface area contributed by atoms with Gasteiger partial charge in [-0.05, 0) is 31.0 Å². The van der Waals surface area contributed by atoms with Crippen molar-refractivity contribution in [3.05, 3.63) is 29.3 Å². The molecule has 1 heterocycles. The lowest BCUT2D eigenvalue weighted by Crippen LogP contribution is -2.38. The first-order valence-corrected chi connectivity index (χ1v) is 9.49. The third kappa shape index (κ3) is 8.55. The van der Waals surface area contributed by atoms with Crippen LogP contribution in [0, 0.1) is 0 Å². The number of hydrogen-bond donors (Lipinski definition) is 2. The minimum absolute atomic E-state index is 0. The number of ether oxygens (including phenoxy) is 2. The standard InChI is InChI=1S/C19H29F3N4O2.HI/c1-3-23-18(24-7-4-10-27-2)25-14-15-5-6-16(13-17(15)19(20,21)22)26-8-11-28-12-9-26;/h5-6,13H,3-4,7-12,14H2,1-2H3,(H2,23,24,25);1H. The van der Waals surface area contributed by atoms with Crippen LogP contribution in [-0.2, 0) is 22.2 Å². The zero-order chi connectivity index (χ0) is 20.4. The van der Waals surface area contributed by atoms with Gasteiger partial charge in [0.1, 0.15) is 0 Å². The highest BCUT2D eigenvalue weighted by atomic mass is 127. The molecular formula is C19H30F3IN4O2. The third-order valence-corrected chi connectivity index (χ3v) is 4.34. The topological polar surface area (TPSA) is 58.1 Å². The van der Waals surface area contributed by atoms with Crippen molar-refractivity contribution in [3.63, 3.8) is 0 Å². The van der Waals surface area contributed by atoms with E-state index in [0.29, 0.717) is 57.6 Å². The van der Waals surface area contributed by atoms with Crippen molar-refractivity contribution >= 4 is 35.6 Å². The Bertz CT molecular complexity index is 638. The van der Waals surface area contributed by atoms with Crippen LogP contribution in [0.2, 0.25) is 0 Å². The van der Waals surface area contributed by atoms with Gasteiger partial charge in [0.05, 0.1) is 25.3 Å². The Morgan fingerprint density at radius 3 is 2.59 bits per heavy atom. The number of benzene rings is 1. The van der Waals surface area contributed by atoms with E-state index in [1.54, 1.807) is 13.2 Å². The molecule has 1 aromatic rings. The molecule has 166 valence electrons. The summed E-state index contributed by atoms with van der Waals surface area (Å²) in [5.74, 6) is 0.490. The van der Waals surface area contributed by atoms with Gasteiger partial charge in [-0.15, -0.1) is 24.0 Å². The van der Waals surface area contributed by atoms with Gasteiger partial charge in [0, 0.05) is 45.6 Å². The minimum Gasteiger partial charge on any atom is -0.385 e. The minimum atomic E-state index is -4.43. The summed E-state index contributed by atoms with van der Waals surface area (Å²) in [5, 5.41) is 6.15. The van der Waals surface area contributed by atoms with E-state index < -0.39 is 11.7 Å². The smallest absolute Gasteiger partial charge is 0.385 e. The Balaban J connectivity index is 0.00000420. The summed E-state index contributed by atoms with van der Waals surface area (Å²) in [6, 6.07) is 4.46. The highest BCUT2D eigenvalue weighted by Gasteiger charge is 2.34. The highest BCUT2D eigenvalue weighted by Crippen LogP contribution is 2.35. The van der Waals surface area contributed by atoms with Crippen molar-refractivity contribution in [2.45, 2.75) is 26.1 Å². The summed E-state index contributed by atoms with van der Waals surface area (Å²) in [6.45, 7) is 5.92. The Labute approximate surface area is 187 Å². The molecule has 2 N–H and O–H groups in total. The van der Waals surface area contributed by atoms with E-state index in [0.717, 1.165) is 6.42 Å². The molecule has 0 unspecified atom stereocenters. The van der Waals surface area contributed by atoms with Gasteiger partial charge in [0.25, 0.3) is 0 Å². The van der Waals surface area contributed by atoms with Crippen LogP contribution in [0.25, 0.3) is 0 Å². The molecule has 0 amide bonds. The number of nitrogens with one attached hydrogen (secondary N) is 2. The monoisotopic (exact) mass is 530 g/mol. The molecule has 0 aromatic heterocycles. The van der Waals surface area contributed by atoms with Gasteiger partial charge in [-0.2, -0.15) is 13.2 Å². The second-order valence-corrected chi connectivity index (χ2v) is 6.41. The van der Waals surface area contributed by atoms with Crippen molar-refractivity contribution in [1.82, 2.24) is 10.6 Å². The molecule has 6 nitrogen and oxygen atoms in total. The number of methoxy groups -OCH3 is 1. The SMILES string of the molecule is CCNC(=NCc1ccc(N2CCOCC2)cc1C(F)(F)F)NCCCOC.I. The fraction of sp³-hybridized carbons (Fsp3) is 0.632. The number of nitrogens with zero attached hydrogens (tertiary/aromatic N) is 2. The quantitative estimate of drug-likeness (QED) is 0.234. The van der Waals surface area contributed by atoms with Crippen molar-refractivity contribution in [2.75, 3.05) is 58.0 Å². The van der Waals surface area contributed by atoms with Crippen LogP contribution in [0.15, 0.2) is 23.2 Å². The first-order valence-electron chi connectivity index (χ1n) is 9.49. The number of alkyl halides is 3. The average Bonchev–Trinajstić information content (AvgIpc) is 2.69. The van der Waals surface area contributed by atoms with Crippen LogP contribution in [0.5, 0.6) is 0 Å². The molecule has 0 radical (unpaired) electrons. The first kappa shape index (κ1) is 25.8. The predicted molar refractivity (Wildman–Crippen MR) is 119 cm³/mol. The molecule has 1 aliphatic rings. The van der Waals surface area contributed by atoms with E-state index in [2.05, 4.69) is 15.6 Å². The lowest BCUT2D eigenvalue weighted by atomic mass is 10.1. The van der Waals surface area contributed by atoms with Crippen molar-refractivity contribution in [3.8, 4) is 0 Å². The molecule has 1 aliphatic heterocycles. The van der Waals surface area contributed by atoms with Gasteiger partial charge in [-0.25, -0.2) is 4.99 Å². The molecule has 2 rings (SSSR count). The summed E-state index contributed by atoms with van der Waals surface area (Å²) < 4.78 is 51.1. The Morgan fingerprint density at radius 1 is 1.24 bits per heavy atom. The zero-order valence-electron chi connectivity index (χ0n) is 16.8. The number of morpholine rings is 1. The number of anilines is 1. The summed E-state index contributed by atoms with van der Waals surface area (Å²) in [5.41, 5.74) is 0.0713. The fourth-order valence-corrected chi connectivity index (χ4v) is 2.91. The summed E-state index contributed by atoms with van der Waals surface area (Å²) >= 11 is 0. The first-order chi connectivity index (χ1) is 13.5. The van der Waals surface area contributed by atoms with Gasteiger partial charge in [0.15, 0.2) is 5.96 Å². The van der Waals surface area contributed by atoms with Crippen LogP contribution < -0.4 is 15.5 Å². The molecule has 0 saturated carbocycles. The summed E-state index contributed by atoms with van der Waals surface area (Å²) in [7, 11) is 1.62. The van der Waals surface area contributed by atoms with Crippen molar-refractivity contribution < 1.29 is 22.6 Å². The number of guanidine groups is 1. The van der Waals surface area contributed by atoms with Crippen molar-refractivity contribution in [1.29, 1.82) is 0 Å². The van der Waals surface area contributed by atoms with Gasteiger partial charge in [-0.3, -0.25) is 0 Å². The van der Waals surface area contributed by atoms with E-state index >= 15 is 0 Å². The summed E-state index contributed by atoms with van der Waals surface area (Å²) in [6.07, 6.45) is -3.65. The Kier molecular flexibility index (Phi) is 11.7. The van der Waals surface area contributed by atoms with Crippen LogP contribution in [-0.4, -0.2) is 59.1 Å². The summed E-state index contributed by atoms with van der Waals surface area (Å²) in [4.78, 5) is 6.23. The van der Waals surface area contributed by atoms with Gasteiger partial charge >= 0.3 is 6.18 Å². The lowest BCUT2D eigenvalue weighted by molar-refractivity contribution is -0.138.